The van der Waals surface area contributed by atoms with E-state index in [9.17, 15) is 9.59 Å². The summed E-state index contributed by atoms with van der Waals surface area (Å²) in [6.45, 7) is 15.1. The number of carbonyl (C=O) groups is 2. The molecule has 0 bridgehead atoms. The number of anilines is 3. The second kappa shape index (κ2) is 14.7. The molecule has 11 heteroatoms. The first-order chi connectivity index (χ1) is 22.2. The number of carbonyl (C=O) groups excluding carboxylic acids is 2. The summed E-state index contributed by atoms with van der Waals surface area (Å²) in [6, 6.07) is 15.3. The normalized spacial score (nSPS) is 15.7. The molecule has 2 aliphatic rings. The summed E-state index contributed by atoms with van der Waals surface area (Å²) < 4.78 is 1.77. The van der Waals surface area contributed by atoms with E-state index in [1.807, 2.05) is 59.6 Å². The van der Waals surface area contributed by atoms with Gasteiger partial charge >= 0.3 is 0 Å². The maximum atomic E-state index is 12.9. The Bertz CT molecular complexity index is 1600. The zero-order chi connectivity index (χ0) is 32.7. The van der Waals surface area contributed by atoms with Gasteiger partial charge in [0, 0.05) is 75.5 Å². The molecule has 2 aliphatic heterocycles. The predicted octanol–water partition coefficient (Wildman–Crippen LogP) is 4.98. The van der Waals surface area contributed by atoms with E-state index in [4.69, 9.17) is 4.98 Å². The van der Waals surface area contributed by atoms with Gasteiger partial charge in [0.15, 0.2) is 11.5 Å². The highest BCUT2D eigenvalue weighted by Crippen LogP contribution is 2.24. The number of imidazole rings is 1. The van der Waals surface area contributed by atoms with Crippen LogP contribution in [0, 0.1) is 0 Å². The lowest BCUT2D eigenvalue weighted by Gasteiger charge is -2.34. The van der Waals surface area contributed by atoms with Gasteiger partial charge in [-0.25, -0.2) is 9.50 Å². The van der Waals surface area contributed by atoms with Crippen molar-refractivity contribution >= 4 is 34.9 Å². The fourth-order valence-corrected chi connectivity index (χ4v) is 5.68. The van der Waals surface area contributed by atoms with Crippen LogP contribution in [0.1, 0.15) is 73.2 Å². The highest BCUT2D eigenvalue weighted by molar-refractivity contribution is 5.95. The van der Waals surface area contributed by atoms with Gasteiger partial charge in [-0.05, 0) is 73.2 Å². The highest BCUT2D eigenvalue weighted by Gasteiger charge is 2.22. The third-order valence-corrected chi connectivity index (χ3v) is 8.62. The number of amides is 2. The quantitative estimate of drug-likeness (QED) is 0.309. The minimum Gasteiger partial charge on any atom is -0.355 e. The first-order valence-electron chi connectivity index (χ1n) is 16.3. The Kier molecular flexibility index (Phi) is 10.5. The van der Waals surface area contributed by atoms with E-state index < -0.39 is 0 Å². The van der Waals surface area contributed by atoms with Crippen LogP contribution in [0.25, 0.3) is 5.65 Å². The second-order valence-corrected chi connectivity index (χ2v) is 12.8. The summed E-state index contributed by atoms with van der Waals surface area (Å²) in [5, 5.41) is 10.6. The molecule has 4 aromatic rings. The smallest absolute Gasteiger partial charge is 0.253 e. The highest BCUT2D eigenvalue weighted by atomic mass is 16.2. The molecule has 2 N–H and O–H groups in total. The summed E-state index contributed by atoms with van der Waals surface area (Å²) >= 11 is 0. The van der Waals surface area contributed by atoms with Crippen molar-refractivity contribution in [2.45, 2.75) is 52.4 Å². The van der Waals surface area contributed by atoms with Crippen molar-refractivity contribution in [1.82, 2.24) is 34.7 Å². The van der Waals surface area contributed by atoms with Gasteiger partial charge in [-0.1, -0.05) is 39.8 Å². The SMILES string of the molecule is CCN1CCN(C(=O)c2ccc(Nc3nc(N4CCCCC4)nn4ccnc34)cc2)CC1.CNC(=O)c1ccc(C(C)(C)C)cc1. The van der Waals surface area contributed by atoms with E-state index >= 15 is 0 Å². The zero-order valence-corrected chi connectivity index (χ0v) is 27.8. The van der Waals surface area contributed by atoms with Crippen molar-refractivity contribution in [2.75, 3.05) is 63.1 Å². The third kappa shape index (κ3) is 8.00. The molecular weight excluding hydrogens is 578 g/mol. The summed E-state index contributed by atoms with van der Waals surface area (Å²) in [5.41, 5.74) is 4.35. The largest absolute Gasteiger partial charge is 0.355 e. The average molecular weight is 626 g/mol. The van der Waals surface area contributed by atoms with Crippen LogP contribution in [0.3, 0.4) is 0 Å². The Hall–Kier alpha value is -4.51. The van der Waals surface area contributed by atoms with Crippen molar-refractivity contribution in [3.8, 4) is 0 Å². The number of hydrogen-bond acceptors (Lipinski definition) is 8. The van der Waals surface area contributed by atoms with E-state index in [1.165, 1.54) is 12.0 Å². The molecule has 2 amide bonds. The molecule has 2 aromatic carbocycles. The van der Waals surface area contributed by atoms with E-state index in [1.54, 1.807) is 17.8 Å². The predicted molar refractivity (Wildman–Crippen MR) is 183 cm³/mol. The number of likely N-dealkylation sites (N-methyl/N-ethyl adjacent to an activating group) is 1. The molecule has 0 saturated carbocycles. The van der Waals surface area contributed by atoms with Crippen molar-refractivity contribution in [3.05, 3.63) is 77.6 Å². The Balaban J connectivity index is 0.000000251. The minimum absolute atomic E-state index is 0.0366. The number of hydrogen-bond donors (Lipinski definition) is 2. The average Bonchev–Trinajstić information content (AvgIpc) is 3.58. The maximum absolute atomic E-state index is 12.9. The number of nitrogens with one attached hydrogen (secondary N) is 2. The molecule has 11 nitrogen and oxygen atoms in total. The minimum atomic E-state index is -0.0366. The van der Waals surface area contributed by atoms with Crippen LogP contribution < -0.4 is 15.5 Å². The van der Waals surface area contributed by atoms with Gasteiger partial charge in [0.2, 0.25) is 5.95 Å². The number of fused-ring (bicyclic) bond motifs is 1. The number of piperazine rings is 1. The van der Waals surface area contributed by atoms with Gasteiger partial charge in [-0.3, -0.25) is 9.59 Å². The van der Waals surface area contributed by atoms with Crippen molar-refractivity contribution in [1.29, 1.82) is 0 Å². The molecule has 46 heavy (non-hydrogen) atoms. The number of nitrogens with zero attached hydrogens (tertiary/aromatic N) is 7. The lowest BCUT2D eigenvalue weighted by molar-refractivity contribution is 0.0643. The number of aromatic nitrogens is 4. The summed E-state index contributed by atoms with van der Waals surface area (Å²) in [6.07, 6.45) is 7.16. The van der Waals surface area contributed by atoms with Gasteiger partial charge in [0.05, 0.1) is 0 Å². The summed E-state index contributed by atoms with van der Waals surface area (Å²) in [5.74, 6) is 1.44. The Labute approximate surface area is 272 Å². The first-order valence-corrected chi connectivity index (χ1v) is 16.3. The Morgan fingerprint density at radius 2 is 1.50 bits per heavy atom. The van der Waals surface area contributed by atoms with Gasteiger partial charge < -0.3 is 25.3 Å². The third-order valence-electron chi connectivity index (χ3n) is 8.62. The van der Waals surface area contributed by atoms with Crippen molar-refractivity contribution in [2.24, 2.45) is 0 Å². The summed E-state index contributed by atoms with van der Waals surface area (Å²) in [4.78, 5) is 39.9. The first kappa shape index (κ1) is 32.9. The van der Waals surface area contributed by atoms with Gasteiger partial charge in [0.1, 0.15) is 0 Å². The molecule has 2 fully saturated rings. The van der Waals surface area contributed by atoms with E-state index in [0.29, 0.717) is 22.6 Å². The summed E-state index contributed by atoms with van der Waals surface area (Å²) in [7, 11) is 1.64. The second-order valence-electron chi connectivity index (χ2n) is 12.8. The maximum Gasteiger partial charge on any atom is 0.253 e. The topological polar surface area (TPSA) is 111 Å². The molecule has 0 atom stereocenters. The monoisotopic (exact) mass is 625 g/mol. The van der Waals surface area contributed by atoms with Gasteiger partial charge in [-0.15, -0.1) is 5.10 Å². The van der Waals surface area contributed by atoms with Crippen molar-refractivity contribution in [3.63, 3.8) is 0 Å². The molecule has 0 unspecified atom stereocenters. The van der Waals surface area contributed by atoms with Crippen LogP contribution in [-0.2, 0) is 5.41 Å². The van der Waals surface area contributed by atoms with Crippen LogP contribution in [0.2, 0.25) is 0 Å². The Morgan fingerprint density at radius 3 is 2.11 bits per heavy atom. The van der Waals surface area contributed by atoms with Crippen LogP contribution in [-0.4, -0.2) is 94.1 Å². The van der Waals surface area contributed by atoms with Crippen LogP contribution >= 0.6 is 0 Å². The fourth-order valence-electron chi connectivity index (χ4n) is 5.68. The van der Waals surface area contributed by atoms with Crippen LogP contribution in [0.15, 0.2) is 60.9 Å². The van der Waals surface area contributed by atoms with Gasteiger partial charge in [0.25, 0.3) is 11.8 Å². The number of piperidine rings is 1. The van der Waals surface area contributed by atoms with Crippen LogP contribution in [0.4, 0.5) is 17.5 Å². The molecule has 0 spiro atoms. The lowest BCUT2D eigenvalue weighted by atomic mass is 9.87. The molecule has 0 radical (unpaired) electrons. The molecule has 244 valence electrons. The van der Waals surface area contributed by atoms with Crippen LogP contribution in [0.5, 0.6) is 0 Å². The molecule has 0 aliphatic carbocycles. The number of benzene rings is 2. The van der Waals surface area contributed by atoms with E-state index in [0.717, 1.165) is 70.3 Å². The van der Waals surface area contributed by atoms with Crippen molar-refractivity contribution < 1.29 is 9.59 Å². The molecule has 2 aromatic heterocycles. The molecule has 4 heterocycles. The van der Waals surface area contributed by atoms with Gasteiger partial charge in [-0.2, -0.15) is 4.98 Å². The fraction of sp³-hybridized carbons (Fsp3) is 0.457. The standard InChI is InChI=1S/C23H30N8O.C12H17NO/c1-2-28-14-16-29(17-15-28)22(32)18-6-8-19(9-7-18)25-20-21-24-10-13-31(21)27-23(26-20)30-11-4-3-5-12-30;1-12(2,3)10-7-5-9(6-8-10)11(14)13-4/h6-10,13H,2-5,11-12,14-17H2,1H3,(H,25,26,27);5-8H,1-4H3,(H,13,14). The lowest BCUT2D eigenvalue weighted by Crippen LogP contribution is -2.48. The molecule has 2 saturated heterocycles. The Morgan fingerprint density at radius 1 is 0.848 bits per heavy atom. The van der Waals surface area contributed by atoms with E-state index in [-0.39, 0.29) is 17.2 Å². The number of rotatable bonds is 6. The van der Waals surface area contributed by atoms with E-state index in [2.05, 4.69) is 58.2 Å². The molecule has 6 rings (SSSR count). The zero-order valence-electron chi connectivity index (χ0n) is 27.8. The molecular formula is C35H47N9O2.